The first-order valence-corrected chi connectivity index (χ1v) is 6.15. The molecule has 0 aromatic heterocycles. The van der Waals surface area contributed by atoms with E-state index in [2.05, 4.69) is 0 Å². The van der Waals surface area contributed by atoms with Crippen molar-refractivity contribution in [3.8, 4) is 23.0 Å². The van der Waals surface area contributed by atoms with Crippen LogP contribution < -0.4 is 0 Å². The summed E-state index contributed by atoms with van der Waals surface area (Å²) in [5, 5.41) is 47.4. The van der Waals surface area contributed by atoms with E-state index in [1.807, 2.05) is 0 Å². The number of benzene rings is 2. The summed E-state index contributed by atoms with van der Waals surface area (Å²) in [6, 6.07) is 8.55. The van der Waals surface area contributed by atoms with Gasteiger partial charge in [0.1, 0.15) is 11.5 Å². The molecule has 0 radical (unpaired) electrons. The maximum absolute atomic E-state index is 9.99. The number of rotatable bonds is 4. The Balaban J connectivity index is 2.04. The van der Waals surface area contributed by atoms with Crippen molar-refractivity contribution in [1.29, 1.82) is 0 Å². The largest absolute Gasteiger partial charge is 0.508 e. The van der Waals surface area contributed by atoms with Gasteiger partial charge < -0.3 is 25.5 Å². The van der Waals surface area contributed by atoms with Gasteiger partial charge in [-0.3, -0.25) is 0 Å². The minimum absolute atomic E-state index is 0.0378. The fraction of sp³-hybridized carbons (Fsp3) is 0.200. The van der Waals surface area contributed by atoms with Crippen molar-refractivity contribution >= 4 is 0 Å². The molecule has 0 amide bonds. The molecule has 2 aromatic rings. The minimum atomic E-state index is -0.755. The first-order chi connectivity index (χ1) is 9.45. The molecule has 0 aliphatic carbocycles. The first-order valence-electron chi connectivity index (χ1n) is 6.15. The lowest BCUT2D eigenvalue weighted by Crippen LogP contribution is -2.14. The van der Waals surface area contributed by atoms with Crippen molar-refractivity contribution in [3.05, 3.63) is 47.5 Å². The van der Waals surface area contributed by atoms with E-state index >= 15 is 0 Å². The number of phenols is 4. The van der Waals surface area contributed by atoms with Crippen LogP contribution in [0, 0.1) is 0 Å². The fourth-order valence-electron chi connectivity index (χ4n) is 2.02. The molecule has 5 nitrogen and oxygen atoms in total. The van der Waals surface area contributed by atoms with E-state index in [-0.39, 0.29) is 35.8 Å². The quantitative estimate of drug-likeness (QED) is 0.547. The molecule has 0 bridgehead atoms. The highest BCUT2D eigenvalue weighted by molar-refractivity contribution is 5.41. The molecule has 5 heteroatoms. The summed E-state index contributed by atoms with van der Waals surface area (Å²) in [5.41, 5.74) is 1.20. The van der Waals surface area contributed by atoms with E-state index in [4.69, 9.17) is 0 Å². The van der Waals surface area contributed by atoms with Gasteiger partial charge in [-0.25, -0.2) is 0 Å². The summed E-state index contributed by atoms with van der Waals surface area (Å²) in [6.07, 6.45) is -0.267. The predicted octanol–water partition coefficient (Wildman–Crippen LogP) is 1.66. The maximum Gasteiger partial charge on any atom is 0.157 e. The molecule has 1 atom stereocenters. The lowest BCUT2D eigenvalue weighted by molar-refractivity contribution is 0.174. The van der Waals surface area contributed by atoms with Crippen molar-refractivity contribution in [2.24, 2.45) is 0 Å². The molecule has 2 aromatic carbocycles. The van der Waals surface area contributed by atoms with Crippen LogP contribution in [0.25, 0.3) is 0 Å². The first kappa shape index (κ1) is 14.0. The van der Waals surface area contributed by atoms with Gasteiger partial charge in [0.05, 0.1) is 6.10 Å². The molecule has 20 heavy (non-hydrogen) atoms. The second-order valence-corrected chi connectivity index (χ2v) is 4.70. The van der Waals surface area contributed by atoms with Crippen LogP contribution in [0.4, 0.5) is 0 Å². The van der Waals surface area contributed by atoms with Crippen molar-refractivity contribution in [1.82, 2.24) is 0 Å². The summed E-state index contributed by atoms with van der Waals surface area (Å²) in [7, 11) is 0. The Bertz CT molecular complexity index is 609. The van der Waals surface area contributed by atoms with Crippen molar-refractivity contribution in [3.63, 3.8) is 0 Å². The van der Waals surface area contributed by atoms with Crippen LogP contribution in [0.2, 0.25) is 0 Å². The Morgan fingerprint density at radius 1 is 0.750 bits per heavy atom. The molecule has 0 heterocycles. The molecule has 0 spiro atoms. The van der Waals surface area contributed by atoms with Crippen LogP contribution in [0.15, 0.2) is 36.4 Å². The van der Waals surface area contributed by atoms with Gasteiger partial charge >= 0.3 is 0 Å². The van der Waals surface area contributed by atoms with Crippen LogP contribution in [-0.2, 0) is 12.8 Å². The Kier molecular flexibility index (Phi) is 4.00. The van der Waals surface area contributed by atoms with E-state index in [1.54, 1.807) is 12.1 Å². The lowest BCUT2D eigenvalue weighted by Gasteiger charge is -2.12. The Morgan fingerprint density at radius 2 is 1.50 bits per heavy atom. The molecule has 5 N–H and O–H groups in total. The molecule has 0 fully saturated rings. The highest BCUT2D eigenvalue weighted by Crippen LogP contribution is 2.27. The van der Waals surface area contributed by atoms with Crippen molar-refractivity contribution in [2.75, 3.05) is 0 Å². The van der Waals surface area contributed by atoms with E-state index in [9.17, 15) is 25.5 Å². The highest BCUT2D eigenvalue weighted by Gasteiger charge is 2.11. The summed E-state index contributed by atoms with van der Waals surface area (Å²) < 4.78 is 0. The average Bonchev–Trinajstić information content (AvgIpc) is 2.37. The zero-order valence-corrected chi connectivity index (χ0v) is 10.7. The number of phenolic OH excluding ortho intramolecular Hbond substituents is 4. The standard InChI is InChI=1S/C15H16O5/c16-11-3-2-10(14(19)8-11)7-12(17)5-9-1-4-13(18)15(20)6-9/h1-4,6,8,12,16-20H,5,7H2/t12-/m1/s1. The zero-order valence-electron chi connectivity index (χ0n) is 10.7. The molecule has 0 saturated heterocycles. The van der Waals surface area contributed by atoms with Crippen LogP contribution in [0.1, 0.15) is 11.1 Å². The van der Waals surface area contributed by atoms with Crippen LogP contribution in [-0.4, -0.2) is 31.6 Å². The fourth-order valence-corrected chi connectivity index (χ4v) is 2.02. The number of aromatic hydroxyl groups is 4. The van der Waals surface area contributed by atoms with Crippen LogP contribution in [0.5, 0.6) is 23.0 Å². The SMILES string of the molecule is Oc1ccc(C[C@H](O)Cc2ccc(O)c(O)c2)c(O)c1. The maximum atomic E-state index is 9.99. The average molecular weight is 276 g/mol. The van der Waals surface area contributed by atoms with Gasteiger partial charge in [-0.2, -0.15) is 0 Å². The minimum Gasteiger partial charge on any atom is -0.508 e. The van der Waals surface area contributed by atoms with Gasteiger partial charge in [-0.15, -0.1) is 0 Å². The summed E-state index contributed by atoms with van der Waals surface area (Å²) >= 11 is 0. The van der Waals surface area contributed by atoms with Crippen LogP contribution in [0.3, 0.4) is 0 Å². The van der Waals surface area contributed by atoms with E-state index in [0.29, 0.717) is 11.1 Å². The third-order valence-electron chi connectivity index (χ3n) is 3.04. The van der Waals surface area contributed by atoms with Gasteiger partial charge in [0.2, 0.25) is 0 Å². The van der Waals surface area contributed by atoms with E-state index in [1.165, 1.54) is 24.3 Å². The number of hydrogen-bond donors (Lipinski definition) is 5. The molecule has 0 aliphatic heterocycles. The second kappa shape index (κ2) is 5.71. The number of hydrogen-bond acceptors (Lipinski definition) is 5. The Hall–Kier alpha value is -2.40. The molecule has 0 saturated carbocycles. The molecule has 106 valence electrons. The van der Waals surface area contributed by atoms with Gasteiger partial charge in [-0.1, -0.05) is 12.1 Å². The third-order valence-corrected chi connectivity index (χ3v) is 3.04. The van der Waals surface area contributed by atoms with Crippen molar-refractivity contribution < 1.29 is 25.5 Å². The monoisotopic (exact) mass is 276 g/mol. The summed E-state index contributed by atoms with van der Waals surface area (Å²) in [6.45, 7) is 0. The number of aliphatic hydroxyl groups is 1. The normalized spacial score (nSPS) is 12.2. The molecular weight excluding hydrogens is 260 g/mol. The van der Waals surface area contributed by atoms with Crippen LogP contribution >= 0.6 is 0 Å². The smallest absolute Gasteiger partial charge is 0.157 e. The summed E-state index contributed by atoms with van der Waals surface area (Å²) in [5.74, 6) is -0.552. The van der Waals surface area contributed by atoms with E-state index < -0.39 is 6.10 Å². The van der Waals surface area contributed by atoms with Gasteiger partial charge in [0, 0.05) is 12.5 Å². The van der Waals surface area contributed by atoms with Gasteiger partial charge in [-0.05, 0) is 35.7 Å². The van der Waals surface area contributed by atoms with Crippen molar-refractivity contribution in [2.45, 2.75) is 18.9 Å². The highest BCUT2D eigenvalue weighted by atomic mass is 16.3. The Morgan fingerprint density at radius 3 is 2.15 bits per heavy atom. The number of aliphatic hydroxyl groups excluding tert-OH is 1. The molecule has 0 unspecified atom stereocenters. The molecular formula is C15H16O5. The second-order valence-electron chi connectivity index (χ2n) is 4.70. The van der Waals surface area contributed by atoms with E-state index in [0.717, 1.165) is 0 Å². The predicted molar refractivity (Wildman–Crippen MR) is 73.0 cm³/mol. The summed E-state index contributed by atoms with van der Waals surface area (Å²) in [4.78, 5) is 0. The van der Waals surface area contributed by atoms with Gasteiger partial charge in [0.25, 0.3) is 0 Å². The Labute approximate surface area is 116 Å². The third kappa shape index (κ3) is 3.33. The zero-order chi connectivity index (χ0) is 14.7. The van der Waals surface area contributed by atoms with Gasteiger partial charge in [0.15, 0.2) is 11.5 Å². The lowest BCUT2D eigenvalue weighted by atomic mass is 10.0. The molecule has 0 aliphatic rings. The molecule has 2 rings (SSSR count). The topological polar surface area (TPSA) is 101 Å².